The smallest absolute Gasteiger partial charge is 0.428 e. The lowest BCUT2D eigenvalue weighted by Crippen LogP contribution is -2.42. The molecule has 0 bridgehead atoms. The second-order valence-corrected chi connectivity index (χ2v) is 8.35. The summed E-state index contributed by atoms with van der Waals surface area (Å²) in [6.07, 6.45) is 1.15. The lowest BCUT2D eigenvalue weighted by atomic mass is 9.86. The Bertz CT molecular complexity index is 600. The van der Waals surface area contributed by atoms with Gasteiger partial charge in [0.25, 0.3) is 0 Å². The molecule has 0 atom stereocenters. The van der Waals surface area contributed by atoms with E-state index in [0.29, 0.717) is 5.92 Å². The van der Waals surface area contributed by atoms with Crippen LogP contribution in [-0.2, 0) is 5.41 Å². The summed E-state index contributed by atoms with van der Waals surface area (Å²) in [5.74, 6) is 0.375. The van der Waals surface area contributed by atoms with Crippen LogP contribution in [0.25, 0.3) is 0 Å². The molecule has 1 aliphatic rings. The van der Waals surface area contributed by atoms with Crippen LogP contribution in [0.4, 0.5) is 4.79 Å². The average Bonchev–Trinajstić information content (AvgIpc) is 3.21. The molecule has 0 radical (unpaired) electrons. The quantitative estimate of drug-likeness (QED) is 0.638. The van der Waals surface area contributed by atoms with Gasteiger partial charge in [0.15, 0.2) is 0 Å². The molecule has 1 N–H and O–H groups in total. The number of carbonyl (C=O) groups is 1. The fourth-order valence-corrected chi connectivity index (χ4v) is 2.46. The summed E-state index contributed by atoms with van der Waals surface area (Å²) < 4.78 is 0. The van der Waals surface area contributed by atoms with E-state index in [4.69, 9.17) is 0 Å². The van der Waals surface area contributed by atoms with E-state index in [9.17, 15) is 9.90 Å². The monoisotopic (exact) mass is 316 g/mol. The van der Waals surface area contributed by atoms with Crippen molar-refractivity contribution in [3.8, 4) is 0 Å². The third kappa shape index (κ3) is 4.34. The van der Waals surface area contributed by atoms with Gasteiger partial charge in [-0.3, -0.25) is 0 Å². The maximum absolute atomic E-state index is 11.6. The Balaban J connectivity index is 2.39. The summed E-state index contributed by atoms with van der Waals surface area (Å²) in [6.45, 7) is 12.1. The highest BCUT2D eigenvalue weighted by atomic mass is 16.4. The molecule has 0 aliphatic heterocycles. The molecule has 1 aromatic rings. The molecule has 1 fully saturated rings. The fraction of sp³-hybridized carbons (Fsp3) is 0.579. The van der Waals surface area contributed by atoms with Gasteiger partial charge in [-0.25, -0.2) is 4.79 Å². The maximum Gasteiger partial charge on any atom is 0.428 e. The van der Waals surface area contributed by atoms with Gasteiger partial charge in [-0.1, -0.05) is 45.0 Å². The lowest BCUT2D eigenvalue weighted by molar-refractivity contribution is 0.103. The van der Waals surface area contributed by atoms with Gasteiger partial charge < -0.3 is 5.11 Å². The normalized spacial score (nSPS) is 16.3. The Kier molecular flexibility index (Phi) is 4.56. The number of amides is 1. The molecule has 2 rings (SSSR count). The Hall–Kier alpha value is -1.84. The van der Waals surface area contributed by atoms with Crippen molar-refractivity contribution in [3.05, 3.63) is 35.4 Å². The minimum atomic E-state index is -1.01. The third-order valence-corrected chi connectivity index (χ3v) is 4.04. The number of hydrogen-bond donors (Lipinski definition) is 1. The van der Waals surface area contributed by atoms with Crippen LogP contribution in [0.5, 0.6) is 0 Å². The molecule has 1 aliphatic carbocycles. The van der Waals surface area contributed by atoms with Crippen molar-refractivity contribution in [2.24, 2.45) is 11.0 Å². The molecular weight excluding hydrogens is 288 g/mol. The standard InChI is InChI=1S/C19H28N2O2/c1-18(2,3)15-11-9-14(10-12-15)16(13-7-8-13)20-21(17(22)23)19(4,5)6/h9-13H,7-8H2,1-6H3,(H,22,23)/b20-16-. The molecule has 0 spiro atoms. The Morgan fingerprint density at radius 2 is 1.61 bits per heavy atom. The van der Waals surface area contributed by atoms with Gasteiger partial charge in [0, 0.05) is 5.92 Å². The fourth-order valence-electron chi connectivity index (χ4n) is 2.46. The van der Waals surface area contributed by atoms with Crippen LogP contribution in [0.1, 0.15) is 65.5 Å². The van der Waals surface area contributed by atoms with Gasteiger partial charge >= 0.3 is 6.09 Å². The van der Waals surface area contributed by atoms with Crippen LogP contribution >= 0.6 is 0 Å². The van der Waals surface area contributed by atoms with Gasteiger partial charge in [-0.05, 0) is 50.2 Å². The van der Waals surface area contributed by atoms with E-state index in [1.807, 2.05) is 20.8 Å². The van der Waals surface area contributed by atoms with Gasteiger partial charge in [-0.2, -0.15) is 10.1 Å². The lowest BCUT2D eigenvalue weighted by Gasteiger charge is -2.29. The molecule has 1 amide bonds. The van der Waals surface area contributed by atoms with Crippen molar-refractivity contribution in [1.29, 1.82) is 0 Å². The van der Waals surface area contributed by atoms with E-state index in [-0.39, 0.29) is 5.41 Å². The number of carboxylic acid groups (broad SMARTS) is 1. The van der Waals surface area contributed by atoms with Crippen LogP contribution in [-0.4, -0.2) is 27.5 Å². The summed E-state index contributed by atoms with van der Waals surface area (Å²) >= 11 is 0. The highest BCUT2D eigenvalue weighted by Crippen LogP contribution is 2.35. The van der Waals surface area contributed by atoms with Gasteiger partial charge in [0.2, 0.25) is 0 Å². The van der Waals surface area contributed by atoms with Crippen molar-refractivity contribution >= 4 is 11.8 Å². The van der Waals surface area contributed by atoms with Crippen LogP contribution in [0, 0.1) is 5.92 Å². The van der Waals surface area contributed by atoms with Gasteiger partial charge in [-0.15, -0.1) is 0 Å². The zero-order valence-corrected chi connectivity index (χ0v) is 15.1. The topological polar surface area (TPSA) is 52.9 Å². The number of hydrazone groups is 1. The Morgan fingerprint density at radius 1 is 1.09 bits per heavy atom. The maximum atomic E-state index is 11.6. The van der Waals surface area contributed by atoms with Crippen molar-refractivity contribution < 1.29 is 9.90 Å². The van der Waals surface area contributed by atoms with Gasteiger partial charge in [0.1, 0.15) is 0 Å². The molecule has 0 unspecified atom stereocenters. The van der Waals surface area contributed by atoms with Crippen LogP contribution in [0.15, 0.2) is 29.4 Å². The summed E-state index contributed by atoms with van der Waals surface area (Å²) in [7, 11) is 0. The van der Waals surface area contributed by atoms with E-state index in [1.54, 1.807) is 0 Å². The van der Waals surface area contributed by atoms with Crippen LogP contribution in [0.3, 0.4) is 0 Å². The first-order valence-electron chi connectivity index (χ1n) is 8.23. The zero-order valence-electron chi connectivity index (χ0n) is 15.1. The summed E-state index contributed by atoms with van der Waals surface area (Å²) in [5.41, 5.74) is 2.73. The SMILES string of the molecule is CC(C)(C)c1ccc(/C(=N\N(C(=O)O)C(C)(C)C)C2CC2)cc1. The molecule has 0 aromatic heterocycles. The number of hydrogen-bond acceptors (Lipinski definition) is 2. The van der Waals surface area contributed by atoms with E-state index in [2.05, 4.69) is 50.1 Å². The zero-order chi connectivity index (χ0) is 17.4. The Morgan fingerprint density at radius 3 is 1.96 bits per heavy atom. The largest absolute Gasteiger partial charge is 0.464 e. The minimum Gasteiger partial charge on any atom is -0.464 e. The number of nitrogens with zero attached hydrogens (tertiary/aromatic N) is 2. The predicted molar refractivity (Wildman–Crippen MR) is 94.0 cm³/mol. The second kappa shape index (κ2) is 5.99. The first kappa shape index (κ1) is 17.5. The van der Waals surface area contributed by atoms with E-state index < -0.39 is 11.6 Å². The first-order valence-corrected chi connectivity index (χ1v) is 8.23. The summed E-state index contributed by atoms with van der Waals surface area (Å²) in [5, 5.41) is 15.2. The van der Waals surface area contributed by atoms with Crippen molar-refractivity contribution in [2.45, 2.75) is 65.3 Å². The molecule has 23 heavy (non-hydrogen) atoms. The van der Waals surface area contributed by atoms with E-state index in [0.717, 1.165) is 24.1 Å². The van der Waals surface area contributed by atoms with Crippen LogP contribution in [0.2, 0.25) is 0 Å². The summed E-state index contributed by atoms with van der Waals surface area (Å²) in [4.78, 5) is 11.6. The van der Waals surface area contributed by atoms with Crippen LogP contribution < -0.4 is 0 Å². The van der Waals surface area contributed by atoms with E-state index in [1.165, 1.54) is 10.6 Å². The molecule has 4 nitrogen and oxygen atoms in total. The molecule has 126 valence electrons. The average molecular weight is 316 g/mol. The highest BCUT2D eigenvalue weighted by molar-refractivity contribution is 6.04. The molecule has 4 heteroatoms. The van der Waals surface area contributed by atoms with E-state index >= 15 is 0 Å². The molecule has 1 aromatic carbocycles. The molecule has 1 saturated carbocycles. The van der Waals surface area contributed by atoms with Crippen molar-refractivity contribution in [3.63, 3.8) is 0 Å². The summed E-state index contributed by atoms with van der Waals surface area (Å²) in [6, 6.07) is 8.38. The first-order chi connectivity index (χ1) is 10.5. The third-order valence-electron chi connectivity index (χ3n) is 4.04. The molecular formula is C19H28N2O2. The predicted octanol–water partition coefficient (Wildman–Crippen LogP) is 4.88. The number of rotatable bonds is 3. The van der Waals surface area contributed by atoms with Crippen molar-refractivity contribution in [1.82, 2.24) is 5.01 Å². The second-order valence-electron chi connectivity index (χ2n) is 8.35. The number of benzene rings is 1. The molecule has 0 heterocycles. The Labute approximate surface area is 139 Å². The molecule has 0 saturated heterocycles. The highest BCUT2D eigenvalue weighted by Gasteiger charge is 2.33. The van der Waals surface area contributed by atoms with Crippen molar-refractivity contribution in [2.75, 3.05) is 0 Å². The van der Waals surface area contributed by atoms with Gasteiger partial charge in [0.05, 0.1) is 11.3 Å². The minimum absolute atomic E-state index is 0.105.